The molecule has 1 aromatic rings. The second-order valence-electron chi connectivity index (χ2n) is 2.58. The monoisotopic (exact) mass is 230 g/mol. The molecule has 0 aliphatic rings. The van der Waals surface area contributed by atoms with Crippen LogP contribution >= 0.6 is 15.9 Å². The second kappa shape index (κ2) is 4.60. The number of hydrogen-bond donors (Lipinski definition) is 2. The van der Waals surface area contributed by atoms with E-state index in [2.05, 4.69) is 15.9 Å². The van der Waals surface area contributed by atoms with Crippen LogP contribution in [-0.2, 0) is 0 Å². The van der Waals surface area contributed by atoms with Crippen molar-refractivity contribution in [3.05, 3.63) is 34.3 Å². The standard InChI is InChI=1S/C9H11BrO2/c10-9-4-2-1-3-8(9)7(5-11)6-12/h1-4,7,11-12H,5-6H2. The summed E-state index contributed by atoms with van der Waals surface area (Å²) in [7, 11) is 0. The van der Waals surface area contributed by atoms with Crippen LogP contribution < -0.4 is 0 Å². The van der Waals surface area contributed by atoms with Crippen LogP contribution in [0, 0.1) is 0 Å². The summed E-state index contributed by atoms with van der Waals surface area (Å²) in [6, 6.07) is 7.58. The first kappa shape index (κ1) is 9.71. The summed E-state index contributed by atoms with van der Waals surface area (Å²) in [4.78, 5) is 0. The zero-order valence-corrected chi connectivity index (χ0v) is 8.16. The molecule has 0 unspecified atom stereocenters. The lowest BCUT2D eigenvalue weighted by Crippen LogP contribution is -2.09. The van der Waals surface area contributed by atoms with Gasteiger partial charge in [0.15, 0.2) is 0 Å². The third kappa shape index (κ3) is 2.06. The van der Waals surface area contributed by atoms with E-state index < -0.39 is 0 Å². The summed E-state index contributed by atoms with van der Waals surface area (Å²) in [6.45, 7) is -0.0573. The normalized spacial score (nSPS) is 10.7. The topological polar surface area (TPSA) is 40.5 Å². The third-order valence-corrected chi connectivity index (χ3v) is 2.51. The largest absolute Gasteiger partial charge is 0.396 e. The van der Waals surface area contributed by atoms with Gasteiger partial charge in [-0.3, -0.25) is 0 Å². The molecule has 0 aliphatic heterocycles. The van der Waals surface area contributed by atoms with Crippen LogP contribution in [-0.4, -0.2) is 23.4 Å². The fraction of sp³-hybridized carbons (Fsp3) is 0.333. The van der Waals surface area contributed by atoms with Gasteiger partial charge in [0, 0.05) is 10.4 Å². The molecule has 12 heavy (non-hydrogen) atoms. The summed E-state index contributed by atoms with van der Waals surface area (Å²) >= 11 is 3.36. The Morgan fingerprint density at radius 2 is 1.75 bits per heavy atom. The Balaban J connectivity index is 2.92. The molecule has 0 bridgehead atoms. The van der Waals surface area contributed by atoms with Gasteiger partial charge in [-0.2, -0.15) is 0 Å². The molecule has 0 saturated carbocycles. The van der Waals surface area contributed by atoms with Crippen LogP contribution in [0.4, 0.5) is 0 Å². The predicted molar refractivity (Wildman–Crippen MR) is 51.1 cm³/mol. The molecule has 2 N–H and O–H groups in total. The van der Waals surface area contributed by atoms with Gasteiger partial charge in [-0.1, -0.05) is 34.1 Å². The van der Waals surface area contributed by atoms with Crippen molar-refractivity contribution < 1.29 is 10.2 Å². The molecule has 2 nitrogen and oxygen atoms in total. The zero-order valence-electron chi connectivity index (χ0n) is 6.57. The molecule has 0 amide bonds. The van der Waals surface area contributed by atoms with E-state index in [9.17, 15) is 0 Å². The summed E-state index contributed by atoms with van der Waals surface area (Å²) in [5.41, 5.74) is 0.947. The van der Waals surface area contributed by atoms with Crippen molar-refractivity contribution in [2.45, 2.75) is 5.92 Å². The summed E-state index contributed by atoms with van der Waals surface area (Å²) < 4.78 is 0.929. The molecule has 0 radical (unpaired) electrons. The minimum atomic E-state index is -0.180. The molecule has 0 spiro atoms. The SMILES string of the molecule is OCC(CO)c1ccccc1Br. The average molecular weight is 231 g/mol. The molecule has 0 fully saturated rings. The maximum Gasteiger partial charge on any atom is 0.0522 e. The van der Waals surface area contributed by atoms with Crippen molar-refractivity contribution in [3.8, 4) is 0 Å². The highest BCUT2D eigenvalue weighted by molar-refractivity contribution is 9.10. The van der Waals surface area contributed by atoms with Crippen molar-refractivity contribution in [3.63, 3.8) is 0 Å². The summed E-state index contributed by atoms with van der Waals surface area (Å²) in [5, 5.41) is 17.8. The van der Waals surface area contributed by atoms with Crippen molar-refractivity contribution in [2.75, 3.05) is 13.2 Å². The second-order valence-corrected chi connectivity index (χ2v) is 3.44. The lowest BCUT2D eigenvalue weighted by atomic mass is 10.0. The number of benzene rings is 1. The molecule has 1 rings (SSSR count). The third-order valence-electron chi connectivity index (χ3n) is 1.79. The van der Waals surface area contributed by atoms with Gasteiger partial charge < -0.3 is 10.2 Å². The van der Waals surface area contributed by atoms with Crippen molar-refractivity contribution in [1.82, 2.24) is 0 Å². The molecule has 0 saturated heterocycles. The lowest BCUT2D eigenvalue weighted by Gasteiger charge is -2.12. The smallest absolute Gasteiger partial charge is 0.0522 e. The van der Waals surface area contributed by atoms with Gasteiger partial charge in [-0.05, 0) is 11.6 Å². The minimum Gasteiger partial charge on any atom is -0.396 e. The zero-order chi connectivity index (χ0) is 8.97. The Bertz CT molecular complexity index is 246. The minimum absolute atomic E-state index is 0.0287. The number of hydrogen-bond acceptors (Lipinski definition) is 2. The Morgan fingerprint density at radius 1 is 1.17 bits per heavy atom. The molecular weight excluding hydrogens is 220 g/mol. The molecule has 66 valence electrons. The van der Waals surface area contributed by atoms with Crippen LogP contribution in [0.15, 0.2) is 28.7 Å². The molecule has 3 heteroatoms. The number of aliphatic hydroxyl groups is 2. The first-order valence-corrected chi connectivity index (χ1v) is 4.55. The highest BCUT2D eigenvalue weighted by Crippen LogP contribution is 2.23. The molecule has 0 aromatic heterocycles. The van der Waals surface area contributed by atoms with E-state index in [1.165, 1.54) is 0 Å². The van der Waals surface area contributed by atoms with Crippen LogP contribution in [0.2, 0.25) is 0 Å². The first-order valence-electron chi connectivity index (χ1n) is 3.75. The predicted octanol–water partition coefficient (Wildman–Crippen LogP) is 1.52. The average Bonchev–Trinajstić information content (AvgIpc) is 2.10. The molecule has 1 aromatic carbocycles. The van der Waals surface area contributed by atoms with E-state index in [0.29, 0.717) is 0 Å². The molecule has 0 atom stereocenters. The molecule has 0 heterocycles. The lowest BCUT2D eigenvalue weighted by molar-refractivity contribution is 0.192. The molecule has 0 aliphatic carbocycles. The van der Waals surface area contributed by atoms with Gasteiger partial charge in [0.05, 0.1) is 13.2 Å². The van der Waals surface area contributed by atoms with Gasteiger partial charge in [0.2, 0.25) is 0 Å². The van der Waals surface area contributed by atoms with E-state index in [1.54, 1.807) is 0 Å². The fourth-order valence-corrected chi connectivity index (χ4v) is 1.67. The fourth-order valence-electron chi connectivity index (χ4n) is 1.06. The van der Waals surface area contributed by atoms with Gasteiger partial charge in [-0.25, -0.2) is 0 Å². The number of rotatable bonds is 3. The van der Waals surface area contributed by atoms with Gasteiger partial charge in [-0.15, -0.1) is 0 Å². The highest BCUT2D eigenvalue weighted by Gasteiger charge is 2.10. The Kier molecular flexibility index (Phi) is 3.72. The van der Waals surface area contributed by atoms with E-state index >= 15 is 0 Å². The van der Waals surface area contributed by atoms with Crippen LogP contribution in [0.5, 0.6) is 0 Å². The first-order chi connectivity index (χ1) is 5.79. The Hall–Kier alpha value is -0.380. The van der Waals surface area contributed by atoms with Crippen LogP contribution in [0.1, 0.15) is 11.5 Å². The number of aliphatic hydroxyl groups excluding tert-OH is 2. The summed E-state index contributed by atoms with van der Waals surface area (Å²) in [5.74, 6) is -0.180. The maximum atomic E-state index is 8.92. The van der Waals surface area contributed by atoms with Crippen LogP contribution in [0.25, 0.3) is 0 Å². The van der Waals surface area contributed by atoms with Crippen molar-refractivity contribution >= 4 is 15.9 Å². The number of halogens is 1. The van der Waals surface area contributed by atoms with Crippen molar-refractivity contribution in [2.24, 2.45) is 0 Å². The molecular formula is C9H11BrO2. The van der Waals surface area contributed by atoms with Gasteiger partial charge >= 0.3 is 0 Å². The van der Waals surface area contributed by atoms with Gasteiger partial charge in [0.25, 0.3) is 0 Å². The van der Waals surface area contributed by atoms with E-state index in [1.807, 2.05) is 24.3 Å². The highest BCUT2D eigenvalue weighted by atomic mass is 79.9. The van der Waals surface area contributed by atoms with E-state index in [4.69, 9.17) is 10.2 Å². The van der Waals surface area contributed by atoms with E-state index in [0.717, 1.165) is 10.0 Å². The summed E-state index contributed by atoms with van der Waals surface area (Å²) in [6.07, 6.45) is 0. The Morgan fingerprint density at radius 3 is 2.25 bits per heavy atom. The maximum absolute atomic E-state index is 8.92. The van der Waals surface area contributed by atoms with Crippen LogP contribution in [0.3, 0.4) is 0 Å². The van der Waals surface area contributed by atoms with Gasteiger partial charge in [0.1, 0.15) is 0 Å². The van der Waals surface area contributed by atoms with Crippen molar-refractivity contribution in [1.29, 1.82) is 0 Å². The Labute approximate surface area is 80.0 Å². The quantitative estimate of drug-likeness (QED) is 0.827. The van der Waals surface area contributed by atoms with E-state index in [-0.39, 0.29) is 19.1 Å².